The number of carbonyl (C=O) groups excluding carboxylic acids is 1. The lowest BCUT2D eigenvalue weighted by atomic mass is 9.70. The Bertz CT molecular complexity index is 740. The van der Waals surface area contributed by atoms with Crippen molar-refractivity contribution >= 4 is 5.78 Å². The third kappa shape index (κ3) is 5.29. The van der Waals surface area contributed by atoms with Crippen LogP contribution in [-0.4, -0.2) is 33.8 Å². The Hall–Kier alpha value is -1.65. The smallest absolute Gasteiger partial charge is 0.203 e. The Morgan fingerprint density at radius 1 is 1.14 bits per heavy atom. The summed E-state index contributed by atoms with van der Waals surface area (Å²) in [7, 11) is 0. The van der Waals surface area contributed by atoms with Crippen LogP contribution in [-0.2, 0) is 4.79 Å². The van der Waals surface area contributed by atoms with Gasteiger partial charge in [-0.15, -0.1) is 0 Å². The molecule has 0 radical (unpaired) electrons. The Morgan fingerprint density at radius 2 is 1.79 bits per heavy atom. The highest BCUT2D eigenvalue weighted by Crippen LogP contribution is 2.50. The molecule has 0 amide bonds. The van der Waals surface area contributed by atoms with E-state index in [1.54, 1.807) is 0 Å². The first-order valence-corrected chi connectivity index (χ1v) is 10.9. The van der Waals surface area contributed by atoms with Gasteiger partial charge in [-0.2, -0.15) is 0 Å². The minimum atomic E-state index is -0.738. The predicted molar refractivity (Wildman–Crippen MR) is 117 cm³/mol. The van der Waals surface area contributed by atoms with Crippen LogP contribution in [0.3, 0.4) is 0 Å². The number of carbonyl (C=O) groups is 1. The first kappa shape index (κ1) is 23.6. The third-order valence-corrected chi connectivity index (χ3v) is 6.88. The van der Waals surface area contributed by atoms with Gasteiger partial charge in [0.2, 0.25) is 5.78 Å². The van der Waals surface area contributed by atoms with Crippen LogP contribution in [0.5, 0.6) is 0 Å². The molecule has 4 nitrogen and oxygen atoms in total. The minimum absolute atomic E-state index is 0.107. The summed E-state index contributed by atoms with van der Waals surface area (Å²) in [5.74, 6) is -0.860. The summed E-state index contributed by atoms with van der Waals surface area (Å²) in [5.41, 5.74) is 3.36. The van der Waals surface area contributed by atoms with E-state index in [9.17, 15) is 20.1 Å². The fourth-order valence-electron chi connectivity index (χ4n) is 4.53. The number of Topliss-reactive ketones (excluding diaryl/α,β-unsaturated/α-hetero) is 1. The second kappa shape index (κ2) is 9.90. The van der Waals surface area contributed by atoms with Gasteiger partial charge in [-0.05, 0) is 70.4 Å². The van der Waals surface area contributed by atoms with Crippen molar-refractivity contribution in [1.29, 1.82) is 0 Å². The largest absolute Gasteiger partial charge is 0.504 e. The molecule has 0 heterocycles. The maximum absolute atomic E-state index is 13.1. The maximum Gasteiger partial charge on any atom is 0.203 e. The van der Waals surface area contributed by atoms with Crippen LogP contribution in [0, 0.1) is 17.3 Å². The molecular weight excluding hydrogens is 364 g/mol. The lowest BCUT2D eigenvalue weighted by molar-refractivity contribution is -0.126. The summed E-state index contributed by atoms with van der Waals surface area (Å²) < 4.78 is 0. The highest BCUT2D eigenvalue weighted by atomic mass is 16.3. The van der Waals surface area contributed by atoms with Crippen molar-refractivity contribution in [2.24, 2.45) is 17.3 Å². The monoisotopic (exact) mass is 402 g/mol. The molecule has 0 spiro atoms. The number of hydrogen-bond donors (Lipinski definition) is 3. The molecule has 0 aromatic rings. The fraction of sp³-hybridized carbons (Fsp3) is 0.640. The lowest BCUT2D eigenvalue weighted by Gasteiger charge is -2.32. The van der Waals surface area contributed by atoms with Gasteiger partial charge in [0, 0.05) is 23.9 Å². The summed E-state index contributed by atoms with van der Waals surface area (Å²) in [5, 5.41) is 30.9. The summed E-state index contributed by atoms with van der Waals surface area (Å²) in [6.07, 6.45) is 10.4. The molecule has 4 heteroatoms. The van der Waals surface area contributed by atoms with E-state index in [2.05, 4.69) is 26.0 Å². The molecule has 4 atom stereocenters. The fourth-order valence-corrected chi connectivity index (χ4v) is 4.53. The summed E-state index contributed by atoms with van der Waals surface area (Å²) in [6, 6.07) is 0. The quantitative estimate of drug-likeness (QED) is 0.556. The highest BCUT2D eigenvalue weighted by Gasteiger charge is 2.51. The van der Waals surface area contributed by atoms with E-state index in [0.29, 0.717) is 24.8 Å². The zero-order valence-electron chi connectivity index (χ0n) is 18.7. The summed E-state index contributed by atoms with van der Waals surface area (Å²) >= 11 is 0. The van der Waals surface area contributed by atoms with E-state index in [4.69, 9.17) is 0 Å². The molecule has 0 bridgehead atoms. The molecule has 0 fully saturated rings. The Labute approximate surface area is 175 Å². The van der Waals surface area contributed by atoms with Crippen LogP contribution in [0.2, 0.25) is 0 Å². The number of hydrogen-bond acceptors (Lipinski definition) is 4. The van der Waals surface area contributed by atoms with E-state index < -0.39 is 11.5 Å². The molecule has 2 aliphatic carbocycles. The number of ketones is 1. The van der Waals surface area contributed by atoms with E-state index >= 15 is 0 Å². The molecule has 0 aromatic carbocycles. The zero-order chi connectivity index (χ0) is 21.8. The Morgan fingerprint density at radius 3 is 2.45 bits per heavy atom. The molecule has 0 aromatic heterocycles. The van der Waals surface area contributed by atoms with E-state index in [1.165, 1.54) is 11.1 Å². The van der Waals surface area contributed by atoms with Gasteiger partial charge < -0.3 is 15.3 Å². The van der Waals surface area contributed by atoms with Crippen molar-refractivity contribution in [2.75, 3.05) is 6.61 Å². The number of aliphatic hydroxyl groups excluding tert-OH is 3. The molecule has 0 saturated heterocycles. The van der Waals surface area contributed by atoms with Crippen molar-refractivity contribution in [3.8, 4) is 0 Å². The molecule has 0 aliphatic heterocycles. The van der Waals surface area contributed by atoms with Gasteiger partial charge in [-0.25, -0.2) is 0 Å². The molecular formula is C25H38O4. The van der Waals surface area contributed by atoms with Crippen LogP contribution in [0.15, 0.2) is 46.3 Å². The molecule has 29 heavy (non-hydrogen) atoms. The Balaban J connectivity index is 2.46. The number of aliphatic hydroxyl groups is 3. The SMILES string of the molecule is C/C1=C/C[C@]2(C)C(=O)C(O)=C([C@H](C)CO)[C@H]2C/C=C(/C)[C@H](O)CC/C(C)=C\CC1. The molecule has 0 saturated carbocycles. The summed E-state index contributed by atoms with van der Waals surface area (Å²) in [4.78, 5) is 13.1. The van der Waals surface area contributed by atoms with Gasteiger partial charge in [0.1, 0.15) is 0 Å². The Kier molecular flexibility index (Phi) is 8.07. The molecule has 2 aliphatic rings. The van der Waals surface area contributed by atoms with Gasteiger partial charge >= 0.3 is 0 Å². The highest BCUT2D eigenvalue weighted by molar-refractivity contribution is 6.02. The standard InChI is InChI=1S/C25H38O4/c1-16-7-6-8-17(2)13-14-25(5)20(11-10-18(3)21(27)12-9-16)22(19(4)15-26)23(28)24(25)29/h7,10,13,19-21,26-28H,6,8-9,11-12,14-15H2,1-5H3/b16-7-,17-13-,18-10-/t19-,20-,21-,25+/m1/s1. The minimum Gasteiger partial charge on any atom is -0.504 e. The van der Waals surface area contributed by atoms with Gasteiger partial charge in [0.15, 0.2) is 5.76 Å². The first-order valence-electron chi connectivity index (χ1n) is 10.9. The van der Waals surface area contributed by atoms with Gasteiger partial charge in [-0.1, -0.05) is 43.2 Å². The normalized spacial score (nSPS) is 36.7. The number of rotatable bonds is 2. The molecule has 0 unspecified atom stereocenters. The first-order chi connectivity index (χ1) is 13.6. The topological polar surface area (TPSA) is 77.8 Å². The van der Waals surface area contributed by atoms with Gasteiger partial charge in [0.25, 0.3) is 0 Å². The van der Waals surface area contributed by atoms with Crippen LogP contribution in [0.25, 0.3) is 0 Å². The molecule has 2 rings (SSSR count). The van der Waals surface area contributed by atoms with Crippen molar-refractivity contribution in [3.63, 3.8) is 0 Å². The van der Waals surface area contributed by atoms with Gasteiger partial charge in [-0.3, -0.25) is 4.79 Å². The predicted octanol–water partition coefficient (Wildman–Crippen LogP) is 5.19. The van der Waals surface area contributed by atoms with Crippen molar-refractivity contribution in [1.82, 2.24) is 0 Å². The van der Waals surface area contributed by atoms with Crippen molar-refractivity contribution in [2.45, 2.75) is 79.2 Å². The third-order valence-electron chi connectivity index (χ3n) is 6.88. The zero-order valence-corrected chi connectivity index (χ0v) is 18.7. The lowest BCUT2D eigenvalue weighted by Crippen LogP contribution is -2.32. The van der Waals surface area contributed by atoms with Crippen molar-refractivity contribution in [3.05, 3.63) is 46.3 Å². The van der Waals surface area contributed by atoms with E-state index in [1.807, 2.05) is 26.8 Å². The van der Waals surface area contributed by atoms with Crippen LogP contribution >= 0.6 is 0 Å². The number of fused-ring (bicyclic) bond motifs is 1. The van der Waals surface area contributed by atoms with E-state index in [-0.39, 0.29) is 30.0 Å². The molecule has 3 N–H and O–H groups in total. The summed E-state index contributed by atoms with van der Waals surface area (Å²) in [6.45, 7) is 9.81. The second-order valence-corrected chi connectivity index (χ2v) is 9.27. The average Bonchev–Trinajstić information content (AvgIpc) is 2.88. The van der Waals surface area contributed by atoms with Crippen molar-refractivity contribution < 1.29 is 20.1 Å². The van der Waals surface area contributed by atoms with Gasteiger partial charge in [0.05, 0.1) is 6.10 Å². The van der Waals surface area contributed by atoms with Crippen LogP contribution in [0.1, 0.15) is 73.1 Å². The van der Waals surface area contributed by atoms with Crippen LogP contribution < -0.4 is 0 Å². The average molecular weight is 403 g/mol. The second-order valence-electron chi connectivity index (χ2n) is 9.27. The van der Waals surface area contributed by atoms with E-state index in [0.717, 1.165) is 24.8 Å². The maximum atomic E-state index is 13.1. The van der Waals surface area contributed by atoms with Crippen LogP contribution in [0.4, 0.5) is 0 Å². The number of allylic oxidation sites excluding steroid dienone is 6. The molecule has 162 valence electrons.